The maximum atomic E-state index is 13.1. The van der Waals surface area contributed by atoms with Crippen molar-refractivity contribution < 1.29 is 14.6 Å². The molecule has 0 aliphatic carbocycles. The summed E-state index contributed by atoms with van der Waals surface area (Å²) in [6, 6.07) is 19.1. The minimum absolute atomic E-state index is 0.0138. The third-order valence-corrected chi connectivity index (χ3v) is 5.17. The molecular weight excluding hydrogens is 352 g/mol. The normalized spacial score (nSPS) is 12.1. The number of nitrogens with zero attached hydrogens (tertiary/aromatic N) is 2. The summed E-state index contributed by atoms with van der Waals surface area (Å²) in [5, 5.41) is 10.2. The molecule has 1 aliphatic rings. The van der Waals surface area contributed by atoms with Crippen molar-refractivity contribution in [3.8, 4) is 28.3 Å². The van der Waals surface area contributed by atoms with Crippen molar-refractivity contribution >= 4 is 5.78 Å². The Bertz CT molecular complexity index is 1200. The van der Waals surface area contributed by atoms with Crippen LogP contribution in [0.2, 0.25) is 0 Å². The molecule has 5 rings (SSSR count). The zero-order valence-electron chi connectivity index (χ0n) is 15.3. The molecular formula is C23H18N2O3. The standard InChI is InChI=1S/C23H18N2O3/c1-28-20-10-9-16(12-19(20)26)17-14-24(13-15-6-3-2-4-7-15)22-21(17)25-11-5-8-18(25)23(22)27/h2-12,14,26H,13H2,1H3. The summed E-state index contributed by atoms with van der Waals surface area (Å²) in [6.45, 7) is 0.599. The van der Waals surface area contributed by atoms with Gasteiger partial charge in [-0.25, -0.2) is 0 Å². The van der Waals surface area contributed by atoms with Crippen molar-refractivity contribution in [1.82, 2.24) is 9.13 Å². The van der Waals surface area contributed by atoms with Crippen LogP contribution in [0.5, 0.6) is 11.5 Å². The molecule has 5 nitrogen and oxygen atoms in total. The maximum absolute atomic E-state index is 13.1. The number of hydrogen-bond acceptors (Lipinski definition) is 3. The second-order valence-corrected chi connectivity index (χ2v) is 6.83. The highest BCUT2D eigenvalue weighted by atomic mass is 16.5. The van der Waals surface area contributed by atoms with Crippen LogP contribution in [0, 0.1) is 0 Å². The van der Waals surface area contributed by atoms with Crippen LogP contribution in [0.25, 0.3) is 16.8 Å². The molecule has 0 saturated heterocycles. The fourth-order valence-electron chi connectivity index (χ4n) is 3.88. The number of fused-ring (bicyclic) bond motifs is 3. The van der Waals surface area contributed by atoms with Gasteiger partial charge in [0, 0.05) is 24.5 Å². The number of aromatic hydroxyl groups is 1. The van der Waals surface area contributed by atoms with E-state index in [1.54, 1.807) is 12.1 Å². The van der Waals surface area contributed by atoms with Gasteiger partial charge in [0.1, 0.15) is 5.69 Å². The lowest BCUT2D eigenvalue weighted by molar-refractivity contribution is 0.103. The molecule has 0 amide bonds. The van der Waals surface area contributed by atoms with Crippen molar-refractivity contribution in [3.05, 3.63) is 90.0 Å². The average molecular weight is 370 g/mol. The summed E-state index contributed by atoms with van der Waals surface area (Å²) in [5.74, 6) is 0.503. The van der Waals surface area contributed by atoms with Crippen molar-refractivity contribution in [2.24, 2.45) is 0 Å². The van der Waals surface area contributed by atoms with Crippen LogP contribution >= 0.6 is 0 Å². The third-order valence-electron chi connectivity index (χ3n) is 5.17. The summed E-state index contributed by atoms with van der Waals surface area (Å²) in [7, 11) is 1.52. The monoisotopic (exact) mass is 370 g/mol. The van der Waals surface area contributed by atoms with Gasteiger partial charge >= 0.3 is 0 Å². The number of ketones is 1. The van der Waals surface area contributed by atoms with Crippen molar-refractivity contribution in [1.29, 1.82) is 0 Å². The predicted molar refractivity (Wildman–Crippen MR) is 106 cm³/mol. The lowest BCUT2D eigenvalue weighted by Gasteiger charge is -2.08. The lowest BCUT2D eigenvalue weighted by Crippen LogP contribution is -2.07. The first-order valence-electron chi connectivity index (χ1n) is 9.04. The zero-order chi connectivity index (χ0) is 19.3. The van der Waals surface area contributed by atoms with Crippen LogP contribution in [-0.4, -0.2) is 27.1 Å². The highest BCUT2D eigenvalue weighted by Crippen LogP contribution is 2.40. The van der Waals surface area contributed by atoms with Gasteiger partial charge in [0.15, 0.2) is 11.5 Å². The molecule has 28 heavy (non-hydrogen) atoms. The van der Waals surface area contributed by atoms with E-state index < -0.39 is 0 Å². The maximum Gasteiger partial charge on any atom is 0.228 e. The Hall–Kier alpha value is -3.73. The topological polar surface area (TPSA) is 56.4 Å². The first kappa shape index (κ1) is 16.4. The first-order chi connectivity index (χ1) is 13.7. The molecule has 0 fully saturated rings. The van der Waals surface area contributed by atoms with Crippen molar-refractivity contribution in [3.63, 3.8) is 0 Å². The number of hydrogen-bond donors (Lipinski definition) is 1. The molecule has 2 aromatic carbocycles. The van der Waals surface area contributed by atoms with Crippen LogP contribution in [0.1, 0.15) is 21.7 Å². The molecule has 2 aromatic heterocycles. The van der Waals surface area contributed by atoms with Gasteiger partial charge in [0.2, 0.25) is 5.78 Å². The summed E-state index contributed by atoms with van der Waals surface area (Å²) in [6.07, 6.45) is 3.89. The summed E-state index contributed by atoms with van der Waals surface area (Å²) in [5.41, 5.74) is 5.03. The van der Waals surface area contributed by atoms with Gasteiger partial charge in [0.05, 0.1) is 18.5 Å². The summed E-state index contributed by atoms with van der Waals surface area (Å²) in [4.78, 5) is 13.1. The van der Waals surface area contributed by atoms with Gasteiger partial charge in [0.25, 0.3) is 0 Å². The molecule has 4 aromatic rings. The summed E-state index contributed by atoms with van der Waals surface area (Å²) >= 11 is 0. The number of phenolic OH excluding ortho intramolecular Hbond substituents is 1. The van der Waals surface area contributed by atoms with E-state index >= 15 is 0 Å². The SMILES string of the molecule is COc1ccc(-c2cn(Cc3ccccc3)c3c2-n2cccc2C3=O)cc1O. The highest BCUT2D eigenvalue weighted by Gasteiger charge is 2.33. The molecule has 0 bridgehead atoms. The number of aromatic nitrogens is 2. The Morgan fingerprint density at radius 3 is 2.61 bits per heavy atom. The Morgan fingerprint density at radius 1 is 1.04 bits per heavy atom. The lowest BCUT2D eigenvalue weighted by atomic mass is 10.1. The largest absolute Gasteiger partial charge is 0.504 e. The molecule has 5 heteroatoms. The van der Waals surface area contributed by atoms with Gasteiger partial charge in [-0.3, -0.25) is 4.79 Å². The zero-order valence-corrected chi connectivity index (χ0v) is 15.3. The number of carbonyl (C=O) groups excluding carboxylic acids is 1. The van der Waals surface area contributed by atoms with Crippen LogP contribution in [0.4, 0.5) is 0 Å². The molecule has 138 valence electrons. The van der Waals surface area contributed by atoms with Gasteiger partial charge in [-0.2, -0.15) is 0 Å². The average Bonchev–Trinajstić information content (AvgIpc) is 3.38. The van der Waals surface area contributed by atoms with E-state index in [2.05, 4.69) is 0 Å². The molecule has 0 atom stereocenters. The quantitative estimate of drug-likeness (QED) is 0.514. The Labute approximate surface area is 162 Å². The Kier molecular flexibility index (Phi) is 3.62. The first-order valence-corrected chi connectivity index (χ1v) is 9.04. The molecule has 0 unspecified atom stereocenters. The van der Waals surface area contributed by atoms with Crippen molar-refractivity contribution in [2.45, 2.75) is 6.54 Å². The van der Waals surface area contributed by atoms with Crippen LogP contribution < -0.4 is 4.74 Å². The Balaban J connectivity index is 1.70. The second kappa shape index (κ2) is 6.16. The predicted octanol–water partition coefficient (Wildman–Crippen LogP) is 4.25. The van der Waals surface area contributed by atoms with Gasteiger partial charge in [-0.1, -0.05) is 36.4 Å². The number of benzene rings is 2. The van der Waals surface area contributed by atoms with E-state index in [1.807, 2.05) is 70.1 Å². The second-order valence-electron chi connectivity index (χ2n) is 6.83. The minimum atomic E-state index is 0.0138. The van der Waals surface area contributed by atoms with Crippen LogP contribution in [-0.2, 0) is 6.54 Å². The van der Waals surface area contributed by atoms with E-state index in [0.717, 1.165) is 22.4 Å². The minimum Gasteiger partial charge on any atom is -0.504 e. The number of methoxy groups -OCH3 is 1. The molecule has 3 heterocycles. The van der Waals surface area contributed by atoms with Gasteiger partial charge in [-0.15, -0.1) is 0 Å². The Morgan fingerprint density at radius 2 is 1.86 bits per heavy atom. The van der Waals surface area contributed by atoms with Crippen LogP contribution in [0.3, 0.4) is 0 Å². The molecule has 1 aliphatic heterocycles. The molecule has 1 N–H and O–H groups in total. The fraction of sp³-hybridized carbons (Fsp3) is 0.0870. The fourth-order valence-corrected chi connectivity index (χ4v) is 3.88. The van der Waals surface area contributed by atoms with E-state index in [-0.39, 0.29) is 11.5 Å². The van der Waals surface area contributed by atoms with Gasteiger partial charge < -0.3 is 19.0 Å². The molecule has 0 spiro atoms. The van der Waals surface area contributed by atoms with E-state index in [1.165, 1.54) is 7.11 Å². The van der Waals surface area contributed by atoms with Crippen LogP contribution in [0.15, 0.2) is 73.1 Å². The molecule has 0 radical (unpaired) electrons. The molecule has 0 saturated carbocycles. The van der Waals surface area contributed by atoms with E-state index in [9.17, 15) is 9.90 Å². The van der Waals surface area contributed by atoms with E-state index in [0.29, 0.717) is 23.7 Å². The number of rotatable bonds is 4. The number of ether oxygens (including phenoxy) is 1. The summed E-state index contributed by atoms with van der Waals surface area (Å²) < 4.78 is 9.08. The number of phenols is 1. The third kappa shape index (κ3) is 2.36. The number of carbonyl (C=O) groups is 1. The van der Waals surface area contributed by atoms with Crippen molar-refractivity contribution in [2.75, 3.05) is 7.11 Å². The highest BCUT2D eigenvalue weighted by molar-refractivity contribution is 6.15. The van der Waals surface area contributed by atoms with E-state index in [4.69, 9.17) is 4.74 Å². The smallest absolute Gasteiger partial charge is 0.228 e. The van der Waals surface area contributed by atoms with Gasteiger partial charge in [-0.05, 0) is 35.4 Å².